The molecule has 0 amide bonds. The molecule has 2 aromatic carbocycles. The summed E-state index contributed by atoms with van der Waals surface area (Å²) in [6.45, 7) is 0. The van der Waals surface area contributed by atoms with Gasteiger partial charge in [-0.25, -0.2) is 9.49 Å². The third-order valence-electron chi connectivity index (χ3n) is 3.46. The Kier molecular flexibility index (Phi) is 5.35. The smallest absolute Gasteiger partial charge is 0.264 e. The van der Waals surface area contributed by atoms with Crippen LogP contribution in [0.4, 0.5) is 4.39 Å². The number of hydrogen-bond acceptors (Lipinski definition) is 4. The maximum Gasteiger partial charge on any atom is 0.264 e. The van der Waals surface area contributed by atoms with Gasteiger partial charge in [0.25, 0.3) is 5.56 Å². The molecule has 3 rings (SSSR count). The van der Waals surface area contributed by atoms with Crippen LogP contribution in [0.2, 0.25) is 5.02 Å². The van der Waals surface area contributed by atoms with Crippen molar-refractivity contribution >= 4 is 27.5 Å². The maximum absolute atomic E-state index is 14.9. The molecule has 3 aromatic rings. The molecule has 0 aliphatic rings. The summed E-state index contributed by atoms with van der Waals surface area (Å²) in [5.41, 5.74) is 0.817. The predicted molar refractivity (Wildman–Crippen MR) is 98.0 cm³/mol. The second-order valence-electron chi connectivity index (χ2n) is 5.33. The standard InChI is InChI=1S/C18H10BrClFN3O2/c19-15-3-1-11(7-13-2-4-16(25)24-23-13)17(21)18(15)26-14-6-10(9-22)5-12(20)8-14/h1-6,8H,7H2,(H,24,25). The Morgan fingerprint density at radius 1 is 1.27 bits per heavy atom. The fraction of sp³-hybridized carbons (Fsp3) is 0.0556. The number of nitrogens with zero attached hydrogens (tertiary/aromatic N) is 2. The van der Waals surface area contributed by atoms with Crippen LogP contribution in [0.1, 0.15) is 16.8 Å². The van der Waals surface area contributed by atoms with Gasteiger partial charge in [0.15, 0.2) is 11.6 Å². The van der Waals surface area contributed by atoms with Gasteiger partial charge in [-0.05, 0) is 51.8 Å². The minimum Gasteiger partial charge on any atom is -0.453 e. The molecule has 0 atom stereocenters. The van der Waals surface area contributed by atoms with Crippen LogP contribution < -0.4 is 10.3 Å². The summed E-state index contributed by atoms with van der Waals surface area (Å²) < 4.78 is 20.9. The lowest BCUT2D eigenvalue weighted by molar-refractivity contribution is 0.436. The van der Waals surface area contributed by atoms with E-state index in [0.29, 0.717) is 26.3 Å². The van der Waals surface area contributed by atoms with Gasteiger partial charge in [0.05, 0.1) is 21.8 Å². The van der Waals surface area contributed by atoms with Crippen molar-refractivity contribution in [3.8, 4) is 17.6 Å². The molecule has 0 fully saturated rings. The summed E-state index contributed by atoms with van der Waals surface area (Å²) in [5, 5.41) is 15.5. The molecule has 0 saturated carbocycles. The second-order valence-corrected chi connectivity index (χ2v) is 6.62. The van der Waals surface area contributed by atoms with Gasteiger partial charge >= 0.3 is 0 Å². The molecule has 0 aliphatic heterocycles. The average molecular weight is 435 g/mol. The van der Waals surface area contributed by atoms with Crippen LogP contribution in [0.5, 0.6) is 11.5 Å². The van der Waals surface area contributed by atoms with Crippen molar-refractivity contribution in [2.45, 2.75) is 6.42 Å². The number of halogens is 3. The molecule has 0 bridgehead atoms. The molecular weight excluding hydrogens is 425 g/mol. The summed E-state index contributed by atoms with van der Waals surface area (Å²) in [5.74, 6) is -0.364. The van der Waals surface area contributed by atoms with E-state index in [1.165, 1.54) is 30.3 Å². The highest BCUT2D eigenvalue weighted by molar-refractivity contribution is 9.10. The molecule has 26 heavy (non-hydrogen) atoms. The number of aromatic amines is 1. The predicted octanol–water partition coefficient (Wildman–Crippen LogP) is 4.58. The molecule has 5 nitrogen and oxygen atoms in total. The van der Waals surface area contributed by atoms with Gasteiger partial charge in [0.2, 0.25) is 0 Å². The Labute approximate surface area is 161 Å². The summed E-state index contributed by atoms with van der Waals surface area (Å²) in [6.07, 6.45) is 0.172. The zero-order valence-corrected chi connectivity index (χ0v) is 15.4. The minimum atomic E-state index is -0.578. The number of nitriles is 1. The highest BCUT2D eigenvalue weighted by atomic mass is 79.9. The first-order valence-electron chi connectivity index (χ1n) is 7.36. The van der Waals surface area contributed by atoms with Crippen LogP contribution in [0.25, 0.3) is 0 Å². The average Bonchev–Trinajstić information content (AvgIpc) is 2.62. The zero-order chi connectivity index (χ0) is 18.7. The van der Waals surface area contributed by atoms with E-state index in [1.54, 1.807) is 12.1 Å². The van der Waals surface area contributed by atoms with Crippen molar-refractivity contribution in [2.75, 3.05) is 0 Å². The van der Waals surface area contributed by atoms with Gasteiger partial charge < -0.3 is 4.74 Å². The molecule has 130 valence electrons. The first-order valence-corrected chi connectivity index (χ1v) is 8.53. The van der Waals surface area contributed by atoms with Crippen LogP contribution >= 0.6 is 27.5 Å². The maximum atomic E-state index is 14.9. The van der Waals surface area contributed by atoms with Crippen molar-refractivity contribution in [3.63, 3.8) is 0 Å². The number of rotatable bonds is 4. The largest absolute Gasteiger partial charge is 0.453 e. The Morgan fingerprint density at radius 2 is 2.08 bits per heavy atom. The van der Waals surface area contributed by atoms with Crippen LogP contribution in [0.15, 0.2) is 51.7 Å². The van der Waals surface area contributed by atoms with Gasteiger partial charge in [0, 0.05) is 17.5 Å². The van der Waals surface area contributed by atoms with Crippen molar-refractivity contribution in [1.82, 2.24) is 10.2 Å². The van der Waals surface area contributed by atoms with E-state index >= 15 is 0 Å². The lowest BCUT2D eigenvalue weighted by Crippen LogP contribution is -2.08. The van der Waals surface area contributed by atoms with Crippen LogP contribution in [0.3, 0.4) is 0 Å². The van der Waals surface area contributed by atoms with Crippen molar-refractivity contribution < 1.29 is 9.13 Å². The minimum absolute atomic E-state index is 0.0296. The van der Waals surface area contributed by atoms with Gasteiger partial charge in [-0.3, -0.25) is 4.79 Å². The van der Waals surface area contributed by atoms with Crippen LogP contribution in [-0.2, 0) is 6.42 Å². The van der Waals surface area contributed by atoms with Crippen molar-refractivity contribution in [2.24, 2.45) is 0 Å². The summed E-state index contributed by atoms with van der Waals surface area (Å²) >= 11 is 9.21. The van der Waals surface area contributed by atoms with E-state index in [-0.39, 0.29) is 23.5 Å². The normalized spacial score (nSPS) is 10.4. The van der Waals surface area contributed by atoms with Crippen LogP contribution in [0, 0.1) is 17.1 Å². The highest BCUT2D eigenvalue weighted by Gasteiger charge is 2.16. The van der Waals surface area contributed by atoms with Gasteiger partial charge in [-0.2, -0.15) is 10.4 Å². The van der Waals surface area contributed by atoms with Gasteiger partial charge in [-0.15, -0.1) is 0 Å². The quantitative estimate of drug-likeness (QED) is 0.652. The topological polar surface area (TPSA) is 78.8 Å². The zero-order valence-electron chi connectivity index (χ0n) is 13.1. The summed E-state index contributed by atoms with van der Waals surface area (Å²) in [4.78, 5) is 11.1. The molecule has 1 aromatic heterocycles. The molecule has 0 radical (unpaired) electrons. The van der Waals surface area contributed by atoms with E-state index in [0.717, 1.165) is 0 Å². The molecule has 1 heterocycles. The molecule has 0 saturated heterocycles. The Bertz CT molecular complexity index is 1060. The first-order chi connectivity index (χ1) is 12.5. The van der Waals surface area contributed by atoms with E-state index in [2.05, 4.69) is 26.1 Å². The molecule has 0 aliphatic carbocycles. The van der Waals surface area contributed by atoms with Gasteiger partial charge in [-0.1, -0.05) is 17.7 Å². The Hall–Kier alpha value is -2.69. The number of ether oxygens (including phenoxy) is 1. The number of benzene rings is 2. The summed E-state index contributed by atoms with van der Waals surface area (Å²) in [7, 11) is 0. The fourth-order valence-corrected chi connectivity index (χ4v) is 2.89. The Balaban J connectivity index is 1.95. The number of hydrogen-bond donors (Lipinski definition) is 1. The SMILES string of the molecule is N#Cc1cc(Cl)cc(Oc2c(Br)ccc(Cc3ccc(=O)[nH]n3)c2F)c1. The lowest BCUT2D eigenvalue weighted by Gasteiger charge is -2.12. The van der Waals surface area contributed by atoms with Gasteiger partial charge in [0.1, 0.15) is 5.75 Å². The van der Waals surface area contributed by atoms with Crippen molar-refractivity contribution in [1.29, 1.82) is 5.26 Å². The van der Waals surface area contributed by atoms with Crippen molar-refractivity contribution in [3.05, 3.63) is 85.0 Å². The number of nitrogens with one attached hydrogen (secondary N) is 1. The van der Waals surface area contributed by atoms with E-state index < -0.39 is 5.82 Å². The Morgan fingerprint density at radius 3 is 2.77 bits per heavy atom. The lowest BCUT2D eigenvalue weighted by atomic mass is 10.1. The van der Waals surface area contributed by atoms with E-state index in [4.69, 9.17) is 21.6 Å². The third kappa shape index (κ3) is 4.10. The summed E-state index contributed by atoms with van der Waals surface area (Å²) in [6, 6.07) is 12.5. The van der Waals surface area contributed by atoms with Crippen LogP contribution in [-0.4, -0.2) is 10.2 Å². The highest BCUT2D eigenvalue weighted by Crippen LogP contribution is 2.35. The molecule has 8 heteroatoms. The first kappa shape index (κ1) is 18.1. The van der Waals surface area contributed by atoms with E-state index in [1.807, 2.05) is 6.07 Å². The third-order valence-corrected chi connectivity index (χ3v) is 4.30. The fourth-order valence-electron chi connectivity index (χ4n) is 2.27. The number of H-pyrrole nitrogens is 1. The number of aromatic nitrogens is 2. The monoisotopic (exact) mass is 433 g/mol. The molecule has 0 unspecified atom stereocenters. The molecule has 0 spiro atoms. The molecule has 1 N–H and O–H groups in total. The molecular formula is C18H10BrClFN3O2. The second kappa shape index (κ2) is 7.68. The van der Waals surface area contributed by atoms with E-state index in [9.17, 15) is 9.18 Å².